The van der Waals surface area contributed by atoms with Crippen molar-refractivity contribution in [1.29, 1.82) is 0 Å². The van der Waals surface area contributed by atoms with E-state index in [4.69, 9.17) is 21.1 Å². The van der Waals surface area contributed by atoms with Crippen LogP contribution in [0.15, 0.2) is 48.5 Å². The Hall–Kier alpha value is -3.25. The number of hydrogen-bond donors (Lipinski definition) is 2. The maximum Gasteiger partial charge on any atom is 0.249 e. The van der Waals surface area contributed by atoms with Crippen LogP contribution in [0.5, 0.6) is 11.5 Å². The van der Waals surface area contributed by atoms with Crippen LogP contribution in [0, 0.1) is 12.7 Å². The predicted molar refractivity (Wildman–Crippen MR) is 125 cm³/mol. The second-order valence-electron chi connectivity index (χ2n) is 8.26. The highest BCUT2D eigenvalue weighted by molar-refractivity contribution is 6.30. The van der Waals surface area contributed by atoms with Crippen molar-refractivity contribution in [1.82, 2.24) is 0 Å². The molecule has 0 saturated carbocycles. The molecule has 0 saturated heterocycles. The second-order valence-corrected chi connectivity index (χ2v) is 8.70. The molecular weight excluding hydrogens is 431 g/mol. The van der Waals surface area contributed by atoms with Crippen molar-refractivity contribution < 1.29 is 18.7 Å². The minimum atomic E-state index is -0.760. The summed E-state index contributed by atoms with van der Waals surface area (Å²) in [6.07, 6.45) is 0. The molecule has 0 fully saturated rings. The smallest absolute Gasteiger partial charge is 0.249 e. The lowest BCUT2D eigenvalue weighted by molar-refractivity contribution is -0.119. The zero-order chi connectivity index (χ0) is 23.0. The van der Waals surface area contributed by atoms with Crippen LogP contribution < -0.4 is 20.1 Å². The van der Waals surface area contributed by atoms with Gasteiger partial charge in [0.1, 0.15) is 29.5 Å². The highest BCUT2D eigenvalue weighted by Crippen LogP contribution is 2.43. The lowest BCUT2D eigenvalue weighted by Crippen LogP contribution is -2.47. The lowest BCUT2D eigenvalue weighted by atomic mass is 9.93. The van der Waals surface area contributed by atoms with Gasteiger partial charge in [0.25, 0.3) is 0 Å². The van der Waals surface area contributed by atoms with Crippen molar-refractivity contribution in [2.24, 2.45) is 0 Å². The topological polar surface area (TPSA) is 59.6 Å². The van der Waals surface area contributed by atoms with Gasteiger partial charge in [0.05, 0.1) is 18.5 Å². The van der Waals surface area contributed by atoms with Crippen LogP contribution in [-0.2, 0) is 11.4 Å². The van der Waals surface area contributed by atoms with E-state index in [2.05, 4.69) is 10.6 Å². The molecule has 0 spiro atoms. The van der Waals surface area contributed by atoms with E-state index < -0.39 is 5.54 Å². The fourth-order valence-electron chi connectivity index (χ4n) is 3.73. The first kappa shape index (κ1) is 22.0. The summed E-state index contributed by atoms with van der Waals surface area (Å²) in [7, 11) is 1.58. The number of amides is 1. The lowest BCUT2D eigenvalue weighted by Gasteiger charge is -2.34. The molecule has 166 valence electrons. The number of anilines is 2. The molecule has 1 aliphatic heterocycles. The number of carbonyl (C=O) groups excluding carboxylic acids is 1. The number of carbonyl (C=O) groups is 1. The van der Waals surface area contributed by atoms with Gasteiger partial charge in [0.15, 0.2) is 0 Å². The molecule has 0 aromatic heterocycles. The Kier molecular flexibility index (Phi) is 5.73. The Morgan fingerprint density at radius 3 is 2.53 bits per heavy atom. The highest BCUT2D eigenvalue weighted by atomic mass is 35.5. The van der Waals surface area contributed by atoms with Gasteiger partial charge in [-0.2, -0.15) is 0 Å². The Morgan fingerprint density at radius 2 is 1.78 bits per heavy atom. The Labute approximate surface area is 191 Å². The fourth-order valence-corrected chi connectivity index (χ4v) is 3.89. The number of fused-ring (bicyclic) bond motifs is 1. The quantitative estimate of drug-likeness (QED) is 0.483. The summed E-state index contributed by atoms with van der Waals surface area (Å²) >= 11 is 6.15. The average Bonchev–Trinajstić information content (AvgIpc) is 2.75. The maximum atomic E-state index is 13.8. The Bertz CT molecular complexity index is 1210. The minimum Gasteiger partial charge on any atom is -0.496 e. The van der Waals surface area contributed by atoms with Crippen LogP contribution in [0.4, 0.5) is 15.8 Å². The molecule has 0 atom stereocenters. The van der Waals surface area contributed by atoms with Crippen LogP contribution in [0.25, 0.3) is 11.1 Å². The van der Waals surface area contributed by atoms with E-state index in [0.29, 0.717) is 22.2 Å². The molecule has 5 nitrogen and oxygen atoms in total. The van der Waals surface area contributed by atoms with Gasteiger partial charge in [0, 0.05) is 22.2 Å². The third kappa shape index (κ3) is 4.10. The van der Waals surface area contributed by atoms with Crippen LogP contribution in [0.2, 0.25) is 5.02 Å². The molecule has 1 amide bonds. The maximum absolute atomic E-state index is 13.8. The van der Waals surface area contributed by atoms with E-state index in [-0.39, 0.29) is 18.3 Å². The molecule has 32 heavy (non-hydrogen) atoms. The number of nitrogens with one attached hydrogen (secondary N) is 2. The van der Waals surface area contributed by atoms with E-state index >= 15 is 0 Å². The SMILES string of the molecule is COc1cc(Cl)ccc1-c1ccc2c(c1COc1cc(F)ccc1C)NC(=O)C(C)(C)N2. The Balaban J connectivity index is 1.85. The number of benzene rings is 3. The number of hydrogen-bond acceptors (Lipinski definition) is 4. The van der Waals surface area contributed by atoms with Crippen LogP contribution in [0.1, 0.15) is 25.0 Å². The van der Waals surface area contributed by atoms with E-state index in [1.807, 2.05) is 39.0 Å². The summed E-state index contributed by atoms with van der Waals surface area (Å²) < 4.78 is 25.4. The van der Waals surface area contributed by atoms with Gasteiger partial charge in [-0.15, -0.1) is 0 Å². The molecule has 1 aliphatic rings. The molecule has 1 heterocycles. The third-order valence-electron chi connectivity index (χ3n) is 5.54. The summed E-state index contributed by atoms with van der Waals surface area (Å²) in [5.41, 5.74) is 3.80. The third-order valence-corrected chi connectivity index (χ3v) is 5.78. The second kappa shape index (κ2) is 8.36. The number of ether oxygens (including phenoxy) is 2. The van der Waals surface area contributed by atoms with E-state index in [1.165, 1.54) is 12.1 Å². The summed E-state index contributed by atoms with van der Waals surface area (Å²) in [6.45, 7) is 5.59. The van der Waals surface area contributed by atoms with Crippen molar-refractivity contribution in [3.05, 3.63) is 70.5 Å². The molecular formula is C25H24ClFN2O3. The molecule has 3 aromatic rings. The summed E-state index contributed by atoms with van der Waals surface area (Å²) in [5, 5.41) is 6.85. The van der Waals surface area contributed by atoms with Gasteiger partial charge in [-0.3, -0.25) is 4.79 Å². The number of aryl methyl sites for hydroxylation is 1. The van der Waals surface area contributed by atoms with E-state index in [0.717, 1.165) is 27.9 Å². The first-order valence-corrected chi connectivity index (χ1v) is 10.6. The zero-order valence-electron chi connectivity index (χ0n) is 18.3. The van der Waals surface area contributed by atoms with Gasteiger partial charge in [-0.1, -0.05) is 23.7 Å². The first-order valence-electron chi connectivity index (χ1n) is 10.2. The summed E-state index contributed by atoms with van der Waals surface area (Å²) in [6, 6.07) is 13.6. The number of methoxy groups -OCH3 is 1. The molecule has 3 aromatic carbocycles. The van der Waals surface area contributed by atoms with Crippen LogP contribution >= 0.6 is 11.6 Å². The monoisotopic (exact) mass is 454 g/mol. The number of halogens is 2. The van der Waals surface area contributed by atoms with Gasteiger partial charge in [-0.25, -0.2) is 4.39 Å². The van der Waals surface area contributed by atoms with Crippen molar-refractivity contribution in [2.75, 3.05) is 17.7 Å². The average molecular weight is 455 g/mol. The number of rotatable bonds is 5. The molecule has 0 aliphatic carbocycles. The van der Waals surface area contributed by atoms with Crippen molar-refractivity contribution in [3.63, 3.8) is 0 Å². The van der Waals surface area contributed by atoms with Gasteiger partial charge >= 0.3 is 0 Å². The molecule has 7 heteroatoms. The summed E-state index contributed by atoms with van der Waals surface area (Å²) in [5.74, 6) is 0.494. The van der Waals surface area contributed by atoms with Crippen molar-refractivity contribution in [2.45, 2.75) is 32.9 Å². The summed E-state index contributed by atoms with van der Waals surface area (Å²) in [4.78, 5) is 12.7. The molecule has 0 unspecified atom stereocenters. The van der Waals surface area contributed by atoms with E-state index in [1.54, 1.807) is 25.3 Å². The van der Waals surface area contributed by atoms with Gasteiger partial charge < -0.3 is 20.1 Å². The molecule has 0 bridgehead atoms. The van der Waals surface area contributed by atoms with Gasteiger partial charge in [-0.05, 0) is 62.2 Å². The molecule has 0 radical (unpaired) electrons. The van der Waals surface area contributed by atoms with Crippen LogP contribution in [-0.4, -0.2) is 18.6 Å². The predicted octanol–water partition coefficient (Wildman–Crippen LogP) is 6.18. The molecule has 2 N–H and O–H groups in total. The minimum absolute atomic E-state index is 0.108. The standard InChI is InChI=1S/C25H24ClFN2O3/c1-14-5-7-16(27)12-21(14)32-13-19-17(18-8-6-15(26)11-22(18)31-4)9-10-20-23(19)28-24(30)25(2,3)29-20/h5-12,29H,13H2,1-4H3,(H,28,30). The van der Waals surface area contributed by atoms with Crippen molar-refractivity contribution in [3.8, 4) is 22.6 Å². The fraction of sp³-hybridized carbons (Fsp3) is 0.240. The largest absolute Gasteiger partial charge is 0.496 e. The van der Waals surface area contributed by atoms with Crippen molar-refractivity contribution >= 4 is 28.9 Å². The van der Waals surface area contributed by atoms with E-state index in [9.17, 15) is 9.18 Å². The van der Waals surface area contributed by atoms with Crippen LogP contribution in [0.3, 0.4) is 0 Å². The highest BCUT2D eigenvalue weighted by Gasteiger charge is 2.34. The van der Waals surface area contributed by atoms with Gasteiger partial charge in [0.2, 0.25) is 5.91 Å². The first-order chi connectivity index (χ1) is 15.2. The zero-order valence-corrected chi connectivity index (χ0v) is 19.1. The Morgan fingerprint density at radius 1 is 1.03 bits per heavy atom. The molecule has 4 rings (SSSR count). The normalized spacial score (nSPS) is 14.2.